The lowest BCUT2D eigenvalue weighted by molar-refractivity contribution is -0.384. The topological polar surface area (TPSA) is 101 Å². The van der Waals surface area contributed by atoms with Crippen LogP contribution in [0.25, 0.3) is 0 Å². The van der Waals surface area contributed by atoms with Crippen LogP contribution in [0.2, 0.25) is 0 Å². The van der Waals surface area contributed by atoms with Crippen molar-refractivity contribution < 1.29 is 27.2 Å². The zero-order valence-corrected chi connectivity index (χ0v) is 11.7. The molecule has 0 saturated heterocycles. The average Bonchev–Trinajstić information content (AvgIpc) is 2.38. The Morgan fingerprint density at radius 3 is 2.29 bits per heavy atom. The molecule has 7 nitrogen and oxygen atoms in total. The van der Waals surface area contributed by atoms with Crippen LogP contribution < -0.4 is 0 Å². The predicted octanol–water partition coefficient (Wildman–Crippen LogP) is 0.984. The number of hydrogen-bond acceptors (Lipinski definition) is 5. The Morgan fingerprint density at radius 2 is 1.86 bits per heavy atom. The summed E-state index contributed by atoms with van der Waals surface area (Å²) in [6.45, 7) is -2.01. The fourth-order valence-electron chi connectivity index (χ4n) is 1.63. The van der Waals surface area contributed by atoms with Gasteiger partial charge in [-0.2, -0.15) is 4.31 Å². The maximum absolute atomic E-state index is 12.4. The van der Waals surface area contributed by atoms with Gasteiger partial charge < -0.3 is 5.11 Å². The van der Waals surface area contributed by atoms with E-state index in [2.05, 4.69) is 0 Å². The highest BCUT2D eigenvalue weighted by Crippen LogP contribution is 2.16. The minimum atomic E-state index is -4.04. The van der Waals surface area contributed by atoms with Gasteiger partial charge in [-0.3, -0.25) is 10.1 Å². The van der Waals surface area contributed by atoms with E-state index in [4.69, 9.17) is 5.11 Å². The molecule has 0 aliphatic rings. The van der Waals surface area contributed by atoms with Crippen LogP contribution in [0.1, 0.15) is 5.56 Å². The zero-order valence-electron chi connectivity index (χ0n) is 10.9. The minimum absolute atomic E-state index is 0.198. The molecule has 1 aromatic rings. The lowest BCUT2D eigenvalue weighted by atomic mass is 10.2. The van der Waals surface area contributed by atoms with Crippen molar-refractivity contribution in [1.29, 1.82) is 0 Å². The molecule has 0 fully saturated rings. The maximum Gasteiger partial charge on any atom is 0.269 e. The number of aliphatic hydroxyl groups excluding tert-OH is 1. The molecule has 0 radical (unpaired) electrons. The summed E-state index contributed by atoms with van der Waals surface area (Å²) in [5.74, 6) is -0.572. The SMILES string of the molecule is O=[N+]([O-])c1ccc(CS(=O)(=O)N(CCO)CC(F)F)cc1. The minimum Gasteiger partial charge on any atom is -0.395 e. The van der Waals surface area contributed by atoms with Gasteiger partial charge in [0.1, 0.15) is 0 Å². The Hall–Kier alpha value is -1.65. The number of benzene rings is 1. The quantitative estimate of drug-likeness (QED) is 0.567. The van der Waals surface area contributed by atoms with E-state index >= 15 is 0 Å². The van der Waals surface area contributed by atoms with Crippen LogP contribution in [-0.4, -0.2) is 48.9 Å². The van der Waals surface area contributed by atoms with Gasteiger partial charge in [-0.1, -0.05) is 12.1 Å². The number of sulfonamides is 1. The second-order valence-corrected chi connectivity index (χ2v) is 6.12. The van der Waals surface area contributed by atoms with Crippen molar-refractivity contribution >= 4 is 15.7 Å². The summed E-state index contributed by atoms with van der Waals surface area (Å²) in [5.41, 5.74) is 0.0359. The van der Waals surface area contributed by atoms with Crippen molar-refractivity contribution in [3.05, 3.63) is 39.9 Å². The molecule has 0 bridgehead atoms. The number of halogens is 2. The number of rotatable bonds is 8. The van der Waals surface area contributed by atoms with Crippen LogP contribution in [0.5, 0.6) is 0 Å². The van der Waals surface area contributed by atoms with Crippen molar-refractivity contribution in [3.63, 3.8) is 0 Å². The zero-order chi connectivity index (χ0) is 16.0. The highest BCUT2D eigenvalue weighted by molar-refractivity contribution is 7.88. The van der Waals surface area contributed by atoms with Gasteiger partial charge in [0.2, 0.25) is 10.0 Å². The molecule has 0 unspecified atom stereocenters. The molecule has 0 aliphatic carbocycles. The van der Waals surface area contributed by atoms with Gasteiger partial charge in [0.15, 0.2) is 0 Å². The standard InChI is InChI=1S/C11H14F2N2O5S/c12-11(13)7-14(5-6-16)21(19,20)8-9-1-3-10(4-2-9)15(17)18/h1-4,11,16H,5-8H2. The molecule has 1 rings (SSSR count). The predicted molar refractivity (Wildman–Crippen MR) is 70.4 cm³/mol. The highest BCUT2D eigenvalue weighted by atomic mass is 32.2. The van der Waals surface area contributed by atoms with Crippen molar-refractivity contribution in [2.45, 2.75) is 12.2 Å². The van der Waals surface area contributed by atoms with Gasteiger partial charge in [-0.25, -0.2) is 17.2 Å². The van der Waals surface area contributed by atoms with Crippen LogP contribution in [0.3, 0.4) is 0 Å². The van der Waals surface area contributed by atoms with E-state index < -0.39 is 46.8 Å². The maximum atomic E-state index is 12.4. The van der Waals surface area contributed by atoms with E-state index in [0.717, 1.165) is 12.1 Å². The molecular formula is C11H14F2N2O5S. The number of nitro groups is 1. The van der Waals surface area contributed by atoms with E-state index in [1.807, 2.05) is 0 Å². The van der Waals surface area contributed by atoms with Crippen molar-refractivity contribution in [2.24, 2.45) is 0 Å². The van der Waals surface area contributed by atoms with Crippen LogP contribution in [0.4, 0.5) is 14.5 Å². The fourth-order valence-corrected chi connectivity index (χ4v) is 3.12. The number of non-ortho nitro benzene ring substituents is 1. The highest BCUT2D eigenvalue weighted by Gasteiger charge is 2.25. The first-order valence-corrected chi connectivity index (χ1v) is 7.47. The number of hydrogen-bond donors (Lipinski definition) is 1. The van der Waals surface area contributed by atoms with Crippen molar-refractivity contribution in [3.8, 4) is 0 Å². The molecule has 0 saturated carbocycles. The first-order chi connectivity index (χ1) is 9.76. The average molecular weight is 324 g/mol. The second kappa shape index (κ2) is 7.38. The largest absolute Gasteiger partial charge is 0.395 e. The fraction of sp³-hybridized carbons (Fsp3) is 0.455. The smallest absolute Gasteiger partial charge is 0.269 e. The van der Waals surface area contributed by atoms with Gasteiger partial charge in [0.25, 0.3) is 12.1 Å². The van der Waals surface area contributed by atoms with E-state index in [1.165, 1.54) is 12.1 Å². The number of alkyl halides is 2. The monoisotopic (exact) mass is 324 g/mol. The number of aliphatic hydroxyl groups is 1. The van der Waals surface area contributed by atoms with Gasteiger partial charge in [0.05, 0.1) is 23.8 Å². The molecule has 10 heteroatoms. The Balaban J connectivity index is 2.88. The summed E-state index contributed by atoms with van der Waals surface area (Å²) in [6, 6.07) is 4.76. The summed E-state index contributed by atoms with van der Waals surface area (Å²) in [4.78, 5) is 9.85. The Labute approximate surface area is 120 Å². The Kier molecular flexibility index (Phi) is 6.12. The molecule has 118 valence electrons. The molecule has 0 aromatic heterocycles. The van der Waals surface area contributed by atoms with Crippen molar-refractivity contribution in [2.75, 3.05) is 19.7 Å². The van der Waals surface area contributed by atoms with Gasteiger partial charge >= 0.3 is 0 Å². The summed E-state index contributed by atoms with van der Waals surface area (Å²) in [5, 5.41) is 19.2. The van der Waals surface area contributed by atoms with E-state index in [9.17, 15) is 27.3 Å². The lowest BCUT2D eigenvalue weighted by Gasteiger charge is -2.20. The lowest BCUT2D eigenvalue weighted by Crippen LogP contribution is -2.38. The molecule has 1 N–H and O–H groups in total. The molecule has 1 aromatic carbocycles. The van der Waals surface area contributed by atoms with E-state index in [0.29, 0.717) is 4.31 Å². The Bertz CT molecular complexity index is 577. The normalized spacial score (nSPS) is 12.0. The summed E-state index contributed by atoms with van der Waals surface area (Å²) >= 11 is 0. The van der Waals surface area contributed by atoms with Crippen LogP contribution in [0.15, 0.2) is 24.3 Å². The van der Waals surface area contributed by atoms with Crippen LogP contribution in [-0.2, 0) is 15.8 Å². The summed E-state index contributed by atoms with van der Waals surface area (Å²) in [7, 11) is -4.04. The first kappa shape index (κ1) is 17.4. The third-order valence-corrected chi connectivity index (χ3v) is 4.40. The van der Waals surface area contributed by atoms with Gasteiger partial charge in [0, 0.05) is 18.7 Å². The summed E-state index contributed by atoms with van der Waals surface area (Å²) in [6.07, 6.45) is -2.86. The summed E-state index contributed by atoms with van der Waals surface area (Å²) < 4.78 is 49.2. The molecule has 0 amide bonds. The Morgan fingerprint density at radius 1 is 1.29 bits per heavy atom. The molecule has 0 aliphatic heterocycles. The van der Waals surface area contributed by atoms with Gasteiger partial charge in [-0.05, 0) is 5.56 Å². The molecular weight excluding hydrogens is 310 g/mol. The van der Waals surface area contributed by atoms with Gasteiger partial charge in [-0.15, -0.1) is 0 Å². The first-order valence-electron chi connectivity index (χ1n) is 5.86. The molecule has 0 atom stereocenters. The van der Waals surface area contributed by atoms with Crippen LogP contribution >= 0.6 is 0 Å². The number of nitrogens with zero attached hydrogens (tertiary/aromatic N) is 2. The third-order valence-electron chi connectivity index (χ3n) is 2.58. The van der Waals surface area contributed by atoms with Crippen molar-refractivity contribution in [1.82, 2.24) is 4.31 Å². The molecule has 0 spiro atoms. The number of nitro benzene ring substituents is 1. The molecule has 0 heterocycles. The van der Waals surface area contributed by atoms with E-state index in [1.54, 1.807) is 0 Å². The van der Waals surface area contributed by atoms with Crippen LogP contribution in [0, 0.1) is 10.1 Å². The molecule has 21 heavy (non-hydrogen) atoms. The third kappa shape index (κ3) is 5.33. The second-order valence-electron chi connectivity index (χ2n) is 4.15. The van der Waals surface area contributed by atoms with E-state index in [-0.39, 0.29) is 11.3 Å².